The molecule has 1 atom stereocenters. The molecule has 1 fully saturated rings. The molecule has 0 aromatic heterocycles. The maximum atomic E-state index is 12.8. The molecular formula is C24H24N2O9S. The second-order valence-corrected chi connectivity index (χ2v) is 9.82. The third-order valence-electron chi connectivity index (χ3n) is 5.68. The lowest BCUT2D eigenvalue weighted by molar-refractivity contribution is -0.136. The molecule has 0 radical (unpaired) electrons. The SMILES string of the molecule is Cc1ccc(S(=O)(=O)OCCOCCOc2ccc3c(c2)C(=O)N(C2CCC(=O)NC2=O)C3=O)cc1. The Morgan fingerprint density at radius 1 is 0.917 bits per heavy atom. The standard InChI is InChI=1S/C24H24N2O9S/c1-15-2-5-17(6-3-15)36(31,32)35-13-11-33-10-12-34-16-4-7-18-19(14-16)24(30)26(23(18)29)20-8-9-21(27)25-22(20)28/h2-7,14,20H,8-13H2,1H3,(H,25,27,28). The van der Waals surface area contributed by atoms with Gasteiger partial charge in [-0.1, -0.05) is 17.7 Å². The van der Waals surface area contributed by atoms with Gasteiger partial charge in [-0.3, -0.25) is 33.6 Å². The molecule has 4 rings (SSSR count). The summed E-state index contributed by atoms with van der Waals surface area (Å²) in [6.07, 6.45) is 0.119. The van der Waals surface area contributed by atoms with Gasteiger partial charge in [0.15, 0.2) is 0 Å². The molecule has 2 heterocycles. The number of carbonyl (C=O) groups excluding carboxylic acids is 4. The Balaban J connectivity index is 1.23. The van der Waals surface area contributed by atoms with Gasteiger partial charge in [0.2, 0.25) is 11.8 Å². The van der Waals surface area contributed by atoms with Gasteiger partial charge in [-0.25, -0.2) is 0 Å². The molecule has 2 aliphatic heterocycles. The van der Waals surface area contributed by atoms with E-state index in [9.17, 15) is 27.6 Å². The summed E-state index contributed by atoms with van der Waals surface area (Å²) < 4.78 is 40.1. The average molecular weight is 517 g/mol. The van der Waals surface area contributed by atoms with Crippen molar-refractivity contribution in [3.05, 3.63) is 59.2 Å². The smallest absolute Gasteiger partial charge is 0.297 e. The van der Waals surface area contributed by atoms with Crippen molar-refractivity contribution in [1.29, 1.82) is 0 Å². The number of rotatable bonds is 10. The van der Waals surface area contributed by atoms with Gasteiger partial charge in [0.05, 0.1) is 35.8 Å². The zero-order chi connectivity index (χ0) is 25.9. The molecule has 11 nitrogen and oxygen atoms in total. The molecule has 0 aliphatic carbocycles. The number of amides is 4. The van der Waals surface area contributed by atoms with Crippen molar-refractivity contribution in [2.75, 3.05) is 26.4 Å². The predicted molar refractivity (Wildman–Crippen MR) is 124 cm³/mol. The number of hydrogen-bond acceptors (Lipinski definition) is 9. The van der Waals surface area contributed by atoms with Crippen LogP contribution in [0, 0.1) is 6.92 Å². The van der Waals surface area contributed by atoms with E-state index in [1.165, 1.54) is 30.3 Å². The van der Waals surface area contributed by atoms with Crippen LogP contribution in [0.25, 0.3) is 0 Å². The lowest BCUT2D eigenvalue weighted by atomic mass is 10.0. The first-order chi connectivity index (χ1) is 17.2. The van der Waals surface area contributed by atoms with Crippen LogP contribution < -0.4 is 10.1 Å². The number of imide groups is 2. The molecule has 1 unspecified atom stereocenters. The number of nitrogens with zero attached hydrogens (tertiary/aromatic N) is 1. The van der Waals surface area contributed by atoms with E-state index in [1.807, 2.05) is 6.92 Å². The first kappa shape index (κ1) is 25.5. The highest BCUT2D eigenvalue weighted by Crippen LogP contribution is 2.30. The Hall–Kier alpha value is -3.61. The summed E-state index contributed by atoms with van der Waals surface area (Å²) in [4.78, 5) is 50.0. The Morgan fingerprint density at radius 2 is 1.61 bits per heavy atom. The van der Waals surface area contributed by atoms with E-state index in [-0.39, 0.29) is 55.3 Å². The normalized spacial score (nSPS) is 17.8. The summed E-state index contributed by atoms with van der Waals surface area (Å²) in [6, 6.07) is 9.65. The molecule has 2 aliphatic rings. The molecule has 0 spiro atoms. The molecule has 36 heavy (non-hydrogen) atoms. The van der Waals surface area contributed by atoms with Crippen molar-refractivity contribution in [2.45, 2.75) is 30.7 Å². The van der Waals surface area contributed by atoms with Gasteiger partial charge in [-0.05, 0) is 43.7 Å². The van der Waals surface area contributed by atoms with Gasteiger partial charge >= 0.3 is 0 Å². The zero-order valence-corrected chi connectivity index (χ0v) is 20.2. The van der Waals surface area contributed by atoms with Crippen molar-refractivity contribution < 1.29 is 41.3 Å². The van der Waals surface area contributed by atoms with Crippen LogP contribution in [0.3, 0.4) is 0 Å². The molecule has 12 heteroatoms. The highest BCUT2D eigenvalue weighted by atomic mass is 32.2. The monoisotopic (exact) mass is 516 g/mol. The van der Waals surface area contributed by atoms with Crippen LogP contribution in [-0.4, -0.2) is 69.4 Å². The Bertz CT molecular complexity index is 1310. The molecule has 2 aromatic rings. The second kappa shape index (κ2) is 10.6. The lowest BCUT2D eigenvalue weighted by Gasteiger charge is -2.27. The van der Waals surface area contributed by atoms with Crippen LogP contribution in [0.4, 0.5) is 0 Å². The molecule has 1 N–H and O–H groups in total. The van der Waals surface area contributed by atoms with Crippen molar-refractivity contribution in [2.24, 2.45) is 0 Å². The lowest BCUT2D eigenvalue weighted by Crippen LogP contribution is -2.54. The first-order valence-electron chi connectivity index (χ1n) is 11.2. The fourth-order valence-electron chi connectivity index (χ4n) is 3.84. The van der Waals surface area contributed by atoms with E-state index in [2.05, 4.69) is 5.32 Å². The summed E-state index contributed by atoms with van der Waals surface area (Å²) in [6.45, 7) is 1.93. The number of nitrogens with one attached hydrogen (secondary N) is 1. The first-order valence-corrected chi connectivity index (χ1v) is 12.6. The van der Waals surface area contributed by atoms with Gasteiger partial charge in [0.1, 0.15) is 18.4 Å². The van der Waals surface area contributed by atoms with E-state index < -0.39 is 39.8 Å². The highest BCUT2D eigenvalue weighted by Gasteiger charge is 2.44. The van der Waals surface area contributed by atoms with Gasteiger partial charge in [0.25, 0.3) is 21.9 Å². The maximum absolute atomic E-state index is 12.8. The quantitative estimate of drug-likeness (QED) is 0.280. The van der Waals surface area contributed by atoms with Crippen LogP contribution in [-0.2, 0) is 28.6 Å². The summed E-state index contributed by atoms with van der Waals surface area (Å²) in [5.74, 6) is -2.02. The number of carbonyl (C=O) groups is 4. The minimum absolute atomic E-state index is 0.0204. The average Bonchev–Trinajstić information content (AvgIpc) is 3.08. The minimum Gasteiger partial charge on any atom is -0.491 e. The van der Waals surface area contributed by atoms with Crippen molar-refractivity contribution >= 4 is 33.7 Å². The maximum Gasteiger partial charge on any atom is 0.297 e. The Kier molecular flexibility index (Phi) is 7.48. The number of piperidine rings is 1. The van der Waals surface area contributed by atoms with E-state index in [1.54, 1.807) is 12.1 Å². The molecule has 2 aromatic carbocycles. The number of aryl methyl sites for hydroxylation is 1. The minimum atomic E-state index is -3.86. The van der Waals surface area contributed by atoms with E-state index in [0.29, 0.717) is 5.75 Å². The van der Waals surface area contributed by atoms with Gasteiger partial charge in [-0.15, -0.1) is 0 Å². The van der Waals surface area contributed by atoms with Crippen LogP contribution in [0.2, 0.25) is 0 Å². The van der Waals surface area contributed by atoms with Gasteiger partial charge < -0.3 is 9.47 Å². The van der Waals surface area contributed by atoms with Gasteiger partial charge in [0, 0.05) is 6.42 Å². The summed E-state index contributed by atoms with van der Waals surface area (Å²) in [7, 11) is -3.86. The van der Waals surface area contributed by atoms with E-state index >= 15 is 0 Å². The fraction of sp³-hybridized carbons (Fsp3) is 0.333. The van der Waals surface area contributed by atoms with Crippen molar-refractivity contribution in [3.63, 3.8) is 0 Å². The topological polar surface area (TPSA) is 145 Å². The molecular weight excluding hydrogens is 492 g/mol. The van der Waals surface area contributed by atoms with Gasteiger partial charge in [-0.2, -0.15) is 8.42 Å². The number of ether oxygens (including phenoxy) is 2. The summed E-state index contributed by atoms with van der Waals surface area (Å²) in [5, 5.41) is 2.15. The molecule has 0 saturated carbocycles. The number of benzene rings is 2. The third kappa shape index (κ3) is 5.45. The fourth-order valence-corrected chi connectivity index (χ4v) is 4.73. The molecule has 4 amide bonds. The van der Waals surface area contributed by atoms with Crippen molar-refractivity contribution in [1.82, 2.24) is 10.2 Å². The number of hydrogen-bond donors (Lipinski definition) is 1. The Morgan fingerprint density at radius 3 is 2.33 bits per heavy atom. The molecule has 0 bridgehead atoms. The van der Waals surface area contributed by atoms with Crippen LogP contribution >= 0.6 is 0 Å². The molecule has 1 saturated heterocycles. The number of fused-ring (bicyclic) bond motifs is 1. The van der Waals surface area contributed by atoms with Crippen LogP contribution in [0.5, 0.6) is 5.75 Å². The molecule has 190 valence electrons. The zero-order valence-electron chi connectivity index (χ0n) is 19.4. The third-order valence-corrected chi connectivity index (χ3v) is 7.01. The summed E-state index contributed by atoms with van der Waals surface area (Å²) in [5.41, 5.74) is 1.20. The Labute approximate surface area is 207 Å². The largest absolute Gasteiger partial charge is 0.491 e. The second-order valence-electron chi connectivity index (χ2n) is 8.20. The van der Waals surface area contributed by atoms with Crippen LogP contribution in [0.15, 0.2) is 47.4 Å². The van der Waals surface area contributed by atoms with E-state index in [4.69, 9.17) is 13.7 Å². The predicted octanol–water partition coefficient (Wildman–Crippen LogP) is 1.20. The van der Waals surface area contributed by atoms with Crippen molar-refractivity contribution in [3.8, 4) is 5.75 Å². The summed E-state index contributed by atoms with van der Waals surface area (Å²) >= 11 is 0. The van der Waals surface area contributed by atoms with E-state index in [0.717, 1.165) is 10.5 Å². The van der Waals surface area contributed by atoms with Crippen LogP contribution in [0.1, 0.15) is 39.1 Å². The highest BCUT2D eigenvalue weighted by molar-refractivity contribution is 7.86.